The van der Waals surface area contributed by atoms with Crippen LogP contribution in [0.5, 0.6) is 5.75 Å². The minimum absolute atomic E-state index is 0.0821. The summed E-state index contributed by atoms with van der Waals surface area (Å²) in [7, 11) is 0. The van der Waals surface area contributed by atoms with E-state index in [1.807, 2.05) is 17.8 Å². The Morgan fingerprint density at radius 2 is 1.46 bits per heavy atom. The summed E-state index contributed by atoms with van der Waals surface area (Å²) in [5.41, 5.74) is 14.4. The lowest BCUT2D eigenvalue weighted by molar-refractivity contribution is 0.363. The van der Waals surface area contributed by atoms with Crippen molar-refractivity contribution < 1.29 is 9.15 Å². The van der Waals surface area contributed by atoms with E-state index in [9.17, 15) is 0 Å². The van der Waals surface area contributed by atoms with Crippen LogP contribution in [0.2, 0.25) is 0 Å². The normalized spacial score (nSPS) is 15.6. The summed E-state index contributed by atoms with van der Waals surface area (Å²) in [5.74, 6) is 2.04. The predicted octanol–water partition coefficient (Wildman–Crippen LogP) is 10.2. The SMILES string of the molecule is c1ccc(N2c3cc(N4C5=C(CCCC5)Oc5ccccc54)ccc3B3c4cc(-c5cccc6ccoc56)ccc4Sc4cccc2c43)cc1. The molecule has 0 saturated heterocycles. The molecule has 11 rings (SSSR count). The fourth-order valence-corrected chi connectivity index (χ4v) is 9.71. The Morgan fingerprint density at radius 3 is 2.42 bits per heavy atom. The van der Waals surface area contributed by atoms with Crippen LogP contribution in [0, 0.1) is 0 Å². The number of hydrogen-bond donors (Lipinski definition) is 0. The number of anilines is 5. The zero-order valence-corrected chi connectivity index (χ0v) is 28.1. The molecule has 50 heavy (non-hydrogen) atoms. The van der Waals surface area contributed by atoms with Crippen LogP contribution in [0.4, 0.5) is 28.4 Å². The van der Waals surface area contributed by atoms with E-state index in [2.05, 4.69) is 137 Å². The van der Waals surface area contributed by atoms with Crippen molar-refractivity contribution in [1.82, 2.24) is 0 Å². The van der Waals surface area contributed by atoms with E-state index < -0.39 is 0 Å². The summed E-state index contributed by atoms with van der Waals surface area (Å²) < 4.78 is 12.5. The first kappa shape index (κ1) is 28.3. The fraction of sp³-hybridized carbons (Fsp3) is 0.0909. The first-order valence-corrected chi connectivity index (χ1v) is 18.3. The molecule has 0 saturated carbocycles. The first-order valence-electron chi connectivity index (χ1n) is 17.5. The van der Waals surface area contributed by atoms with Gasteiger partial charge in [0.15, 0.2) is 5.75 Å². The van der Waals surface area contributed by atoms with Crippen molar-refractivity contribution in [2.45, 2.75) is 35.5 Å². The largest absolute Gasteiger partial charge is 0.464 e. The molecule has 0 unspecified atom stereocenters. The summed E-state index contributed by atoms with van der Waals surface area (Å²) in [6, 6.07) is 48.8. The smallest absolute Gasteiger partial charge is 0.249 e. The van der Waals surface area contributed by atoms with Crippen molar-refractivity contribution in [2.75, 3.05) is 9.80 Å². The van der Waals surface area contributed by atoms with Crippen LogP contribution in [-0.2, 0) is 0 Å². The fourth-order valence-electron chi connectivity index (χ4n) is 8.56. The molecule has 4 heterocycles. The number of fused-ring (bicyclic) bond motifs is 6. The minimum atomic E-state index is 0.0821. The number of nitrogens with zero attached hydrogens (tertiary/aromatic N) is 2. The summed E-state index contributed by atoms with van der Waals surface area (Å²) in [6.45, 7) is 0.0821. The number of rotatable bonds is 3. The third-order valence-electron chi connectivity index (χ3n) is 10.7. The monoisotopic (exact) mass is 662 g/mol. The molecule has 7 aromatic rings. The van der Waals surface area contributed by atoms with E-state index in [-0.39, 0.29) is 6.71 Å². The second-order valence-electron chi connectivity index (χ2n) is 13.5. The number of para-hydroxylation sites is 4. The van der Waals surface area contributed by atoms with Gasteiger partial charge in [-0.2, -0.15) is 0 Å². The number of furan rings is 1. The molecule has 4 nitrogen and oxygen atoms in total. The van der Waals surface area contributed by atoms with Crippen LogP contribution in [0.3, 0.4) is 0 Å². The van der Waals surface area contributed by atoms with Crippen LogP contribution >= 0.6 is 11.8 Å². The van der Waals surface area contributed by atoms with E-state index in [1.165, 1.54) is 55.2 Å². The van der Waals surface area contributed by atoms with Gasteiger partial charge in [0.25, 0.3) is 0 Å². The highest BCUT2D eigenvalue weighted by Crippen LogP contribution is 2.48. The van der Waals surface area contributed by atoms with E-state index >= 15 is 0 Å². The highest BCUT2D eigenvalue weighted by atomic mass is 32.2. The van der Waals surface area contributed by atoms with Crippen molar-refractivity contribution in [3.63, 3.8) is 0 Å². The number of benzene rings is 6. The number of hydrogen-bond acceptors (Lipinski definition) is 5. The summed E-state index contributed by atoms with van der Waals surface area (Å²) >= 11 is 1.88. The maximum Gasteiger partial charge on any atom is 0.249 e. The van der Waals surface area contributed by atoms with Crippen molar-refractivity contribution in [2.24, 2.45) is 0 Å². The second-order valence-corrected chi connectivity index (χ2v) is 14.6. The maximum atomic E-state index is 6.52. The van der Waals surface area contributed by atoms with Gasteiger partial charge in [0.2, 0.25) is 6.71 Å². The Balaban J connectivity index is 1.15. The molecule has 6 aromatic carbocycles. The maximum absolute atomic E-state index is 6.52. The van der Waals surface area contributed by atoms with Gasteiger partial charge in [-0.15, -0.1) is 0 Å². The molecular formula is C44H31BN2O2S. The van der Waals surface area contributed by atoms with Crippen LogP contribution in [0.15, 0.2) is 165 Å². The van der Waals surface area contributed by atoms with E-state index in [0.717, 1.165) is 64.4 Å². The Hall–Kier alpha value is -5.59. The van der Waals surface area contributed by atoms with Gasteiger partial charge in [-0.1, -0.05) is 90.0 Å². The van der Waals surface area contributed by atoms with Crippen LogP contribution in [0.25, 0.3) is 22.1 Å². The second kappa shape index (κ2) is 11.0. The molecule has 0 N–H and O–H groups in total. The van der Waals surface area contributed by atoms with Crippen LogP contribution in [-0.4, -0.2) is 6.71 Å². The average Bonchev–Trinajstić information content (AvgIpc) is 3.66. The average molecular weight is 663 g/mol. The van der Waals surface area contributed by atoms with Crippen molar-refractivity contribution in [3.8, 4) is 16.9 Å². The Morgan fingerprint density at radius 1 is 0.600 bits per heavy atom. The van der Waals surface area contributed by atoms with Crippen LogP contribution in [0.1, 0.15) is 25.7 Å². The van der Waals surface area contributed by atoms with Gasteiger partial charge in [-0.3, -0.25) is 0 Å². The van der Waals surface area contributed by atoms with E-state index in [0.29, 0.717) is 0 Å². The zero-order chi connectivity index (χ0) is 32.8. The van der Waals surface area contributed by atoms with Crippen LogP contribution < -0.4 is 30.9 Å². The third kappa shape index (κ3) is 4.15. The zero-order valence-electron chi connectivity index (χ0n) is 27.3. The van der Waals surface area contributed by atoms with Gasteiger partial charge >= 0.3 is 0 Å². The molecule has 238 valence electrons. The molecule has 3 aliphatic heterocycles. The van der Waals surface area contributed by atoms with Gasteiger partial charge in [-0.05, 0) is 96.4 Å². The molecule has 0 fully saturated rings. The highest BCUT2D eigenvalue weighted by Gasteiger charge is 2.41. The predicted molar refractivity (Wildman–Crippen MR) is 206 cm³/mol. The summed E-state index contributed by atoms with van der Waals surface area (Å²) in [4.78, 5) is 7.57. The lowest BCUT2D eigenvalue weighted by Crippen LogP contribution is -2.59. The van der Waals surface area contributed by atoms with Gasteiger partial charge in [-0.25, -0.2) is 0 Å². The summed E-state index contributed by atoms with van der Waals surface area (Å²) in [6.07, 6.45) is 6.10. The lowest BCUT2D eigenvalue weighted by Gasteiger charge is -2.42. The van der Waals surface area contributed by atoms with Crippen molar-refractivity contribution in [1.29, 1.82) is 0 Å². The summed E-state index contributed by atoms with van der Waals surface area (Å²) in [5, 5.41) is 1.12. The Labute approximate surface area is 295 Å². The molecule has 0 atom stereocenters. The van der Waals surface area contributed by atoms with Gasteiger partial charge in [0.1, 0.15) is 11.3 Å². The Bertz CT molecular complexity index is 2540. The Kier molecular flexibility index (Phi) is 6.20. The molecule has 4 aliphatic rings. The van der Waals surface area contributed by atoms with E-state index in [1.54, 1.807) is 6.26 Å². The molecular weight excluding hydrogens is 631 g/mol. The number of allylic oxidation sites excluding steroid dienone is 2. The molecule has 1 aliphatic carbocycles. The third-order valence-corrected chi connectivity index (χ3v) is 11.9. The molecule has 0 amide bonds. The molecule has 0 bridgehead atoms. The quantitative estimate of drug-likeness (QED) is 0.176. The first-order chi connectivity index (χ1) is 24.8. The number of ether oxygens (including phenoxy) is 1. The van der Waals surface area contributed by atoms with E-state index in [4.69, 9.17) is 9.15 Å². The molecule has 1 aromatic heterocycles. The van der Waals surface area contributed by atoms with Gasteiger partial charge in [0.05, 0.1) is 17.6 Å². The topological polar surface area (TPSA) is 28.9 Å². The molecule has 0 spiro atoms. The molecule has 0 radical (unpaired) electrons. The molecule has 6 heteroatoms. The minimum Gasteiger partial charge on any atom is -0.464 e. The van der Waals surface area contributed by atoms with Gasteiger partial charge < -0.3 is 19.0 Å². The standard InChI is InChI=1S/C44H31BN2O2S/c1-2-11-30(12-3-1)46-37-16-9-19-42-43(37)45(34-26-29(20-23-41(34)50-42)32-13-8-10-28-24-25-48-44(28)32)33-22-21-31(27-38(33)46)47-35-14-4-6-17-39(35)49-40-18-7-5-15-36(40)47/h1-4,6,8-14,16-17,19-27H,5,7,15,18H2. The van der Waals surface area contributed by atoms with Gasteiger partial charge in [0, 0.05) is 49.9 Å². The van der Waals surface area contributed by atoms with Crippen molar-refractivity contribution >= 4 is 74.3 Å². The van der Waals surface area contributed by atoms with Crippen molar-refractivity contribution in [3.05, 3.63) is 151 Å². The highest BCUT2D eigenvalue weighted by molar-refractivity contribution is 8.00. The lowest BCUT2D eigenvalue weighted by atomic mass is 9.34.